The second-order valence-electron chi connectivity index (χ2n) is 7.32. The monoisotopic (exact) mass is 409 g/mol. The van der Waals surface area contributed by atoms with Gasteiger partial charge in [-0.05, 0) is 55.3 Å². The molecule has 30 heavy (non-hydrogen) atoms. The SMILES string of the molecule is COCCCN(Cc1cccn1Cc1cccc(F)c1)C(=O)Nc1ccc(C)cc1. The molecule has 158 valence electrons. The van der Waals surface area contributed by atoms with Gasteiger partial charge in [0, 0.05) is 44.4 Å². The van der Waals surface area contributed by atoms with Crippen molar-refractivity contribution in [2.24, 2.45) is 0 Å². The molecule has 6 heteroatoms. The number of ether oxygens (including phenoxy) is 1. The lowest BCUT2D eigenvalue weighted by molar-refractivity contribution is 0.171. The molecule has 5 nitrogen and oxygen atoms in total. The van der Waals surface area contributed by atoms with Gasteiger partial charge >= 0.3 is 6.03 Å². The van der Waals surface area contributed by atoms with Gasteiger partial charge in [-0.15, -0.1) is 0 Å². The molecule has 0 aliphatic heterocycles. The van der Waals surface area contributed by atoms with Gasteiger partial charge in [-0.25, -0.2) is 9.18 Å². The molecule has 2 amide bonds. The minimum atomic E-state index is -0.250. The molecular weight excluding hydrogens is 381 g/mol. The Bertz CT molecular complexity index is 953. The van der Waals surface area contributed by atoms with E-state index < -0.39 is 0 Å². The number of amides is 2. The molecular formula is C24H28FN3O2. The third-order valence-corrected chi connectivity index (χ3v) is 4.88. The number of halogens is 1. The predicted octanol–water partition coefficient (Wildman–Crippen LogP) is 5.05. The predicted molar refractivity (Wildman–Crippen MR) is 117 cm³/mol. The number of carbonyl (C=O) groups is 1. The number of hydrogen-bond acceptors (Lipinski definition) is 2. The number of carbonyl (C=O) groups excluding carboxylic acids is 1. The molecule has 1 aromatic heterocycles. The smallest absolute Gasteiger partial charge is 0.322 e. The molecule has 0 bridgehead atoms. The van der Waals surface area contributed by atoms with Crippen LogP contribution in [0.4, 0.5) is 14.9 Å². The number of methoxy groups -OCH3 is 1. The Balaban J connectivity index is 1.72. The van der Waals surface area contributed by atoms with Crippen molar-refractivity contribution in [2.45, 2.75) is 26.4 Å². The average molecular weight is 410 g/mol. The highest BCUT2D eigenvalue weighted by molar-refractivity contribution is 5.89. The number of nitrogens with one attached hydrogen (secondary N) is 1. The van der Waals surface area contributed by atoms with Crippen molar-refractivity contribution in [3.05, 3.63) is 89.5 Å². The Morgan fingerprint density at radius 3 is 2.67 bits per heavy atom. The van der Waals surface area contributed by atoms with Crippen LogP contribution in [0.2, 0.25) is 0 Å². The Morgan fingerprint density at radius 2 is 1.93 bits per heavy atom. The highest BCUT2D eigenvalue weighted by Gasteiger charge is 2.16. The Hall–Kier alpha value is -3.12. The van der Waals surface area contributed by atoms with E-state index in [-0.39, 0.29) is 11.8 Å². The van der Waals surface area contributed by atoms with Crippen LogP contribution < -0.4 is 5.32 Å². The van der Waals surface area contributed by atoms with Crippen molar-refractivity contribution in [2.75, 3.05) is 25.6 Å². The first kappa shape index (κ1) is 21.6. The second-order valence-corrected chi connectivity index (χ2v) is 7.32. The van der Waals surface area contributed by atoms with Crippen molar-refractivity contribution in [1.82, 2.24) is 9.47 Å². The number of urea groups is 1. The van der Waals surface area contributed by atoms with Gasteiger partial charge < -0.3 is 19.5 Å². The summed E-state index contributed by atoms with van der Waals surface area (Å²) in [6.07, 6.45) is 2.69. The van der Waals surface area contributed by atoms with Gasteiger partial charge in [0.15, 0.2) is 0 Å². The van der Waals surface area contributed by atoms with Gasteiger partial charge in [-0.3, -0.25) is 0 Å². The molecule has 0 radical (unpaired) electrons. The van der Waals surface area contributed by atoms with E-state index in [2.05, 4.69) is 5.32 Å². The van der Waals surface area contributed by atoms with Crippen LogP contribution in [0.25, 0.3) is 0 Å². The third-order valence-electron chi connectivity index (χ3n) is 4.88. The van der Waals surface area contributed by atoms with Crippen LogP contribution in [-0.2, 0) is 17.8 Å². The van der Waals surface area contributed by atoms with Crippen LogP contribution in [-0.4, -0.2) is 35.8 Å². The van der Waals surface area contributed by atoms with Gasteiger partial charge in [0.05, 0.1) is 6.54 Å². The largest absolute Gasteiger partial charge is 0.385 e. The molecule has 1 heterocycles. The molecule has 1 N–H and O–H groups in total. The van der Waals surface area contributed by atoms with Crippen molar-refractivity contribution in [3.8, 4) is 0 Å². The maximum Gasteiger partial charge on any atom is 0.322 e. The Kier molecular flexibility index (Phi) is 7.63. The quantitative estimate of drug-likeness (QED) is 0.503. The zero-order valence-corrected chi connectivity index (χ0v) is 17.5. The first-order valence-electron chi connectivity index (χ1n) is 10.0. The molecule has 0 aliphatic carbocycles. The molecule has 0 atom stereocenters. The maximum absolute atomic E-state index is 13.5. The summed E-state index contributed by atoms with van der Waals surface area (Å²) in [5.74, 6) is -0.250. The standard InChI is InChI=1S/C24H28FN3O2/c1-19-9-11-22(12-10-19)26-24(29)28(14-5-15-30-2)18-23-8-4-13-27(23)17-20-6-3-7-21(25)16-20/h3-4,6-13,16H,5,14-15,17-18H2,1-2H3,(H,26,29). The number of rotatable bonds is 9. The molecule has 3 rings (SSSR count). The van der Waals surface area contributed by atoms with Crippen LogP contribution in [0.15, 0.2) is 66.9 Å². The fourth-order valence-electron chi connectivity index (χ4n) is 3.27. The average Bonchev–Trinajstić information content (AvgIpc) is 3.15. The van der Waals surface area contributed by atoms with E-state index in [1.807, 2.05) is 60.2 Å². The Labute approximate surface area is 177 Å². The zero-order chi connectivity index (χ0) is 21.3. The molecule has 0 fully saturated rings. The maximum atomic E-state index is 13.5. The fourth-order valence-corrected chi connectivity index (χ4v) is 3.27. The number of anilines is 1. The minimum absolute atomic E-state index is 0.159. The van der Waals surface area contributed by atoms with Crippen molar-refractivity contribution in [3.63, 3.8) is 0 Å². The summed E-state index contributed by atoms with van der Waals surface area (Å²) in [5.41, 5.74) is 3.76. The molecule has 2 aromatic carbocycles. The van der Waals surface area contributed by atoms with Crippen LogP contribution in [0.1, 0.15) is 23.2 Å². The molecule has 0 unspecified atom stereocenters. The molecule has 0 spiro atoms. The highest BCUT2D eigenvalue weighted by Crippen LogP contribution is 2.14. The normalized spacial score (nSPS) is 10.8. The van der Waals surface area contributed by atoms with E-state index in [9.17, 15) is 9.18 Å². The number of benzene rings is 2. The summed E-state index contributed by atoms with van der Waals surface area (Å²) in [7, 11) is 1.65. The van der Waals surface area contributed by atoms with Crippen molar-refractivity contribution >= 4 is 11.7 Å². The fraction of sp³-hybridized carbons (Fsp3) is 0.292. The molecule has 0 saturated heterocycles. The summed E-state index contributed by atoms with van der Waals surface area (Å²) in [4.78, 5) is 14.7. The van der Waals surface area contributed by atoms with E-state index in [0.29, 0.717) is 26.2 Å². The lowest BCUT2D eigenvalue weighted by Gasteiger charge is -2.24. The van der Waals surface area contributed by atoms with Gasteiger partial charge in [0.25, 0.3) is 0 Å². The second kappa shape index (κ2) is 10.6. The molecule has 0 saturated carbocycles. The minimum Gasteiger partial charge on any atom is -0.385 e. The lowest BCUT2D eigenvalue weighted by Crippen LogP contribution is -2.36. The highest BCUT2D eigenvalue weighted by atomic mass is 19.1. The molecule has 3 aromatic rings. The van der Waals surface area contributed by atoms with Gasteiger partial charge in [0.1, 0.15) is 5.82 Å². The van der Waals surface area contributed by atoms with E-state index >= 15 is 0 Å². The van der Waals surface area contributed by atoms with Crippen LogP contribution in [0.3, 0.4) is 0 Å². The Morgan fingerprint density at radius 1 is 1.13 bits per heavy atom. The first-order valence-corrected chi connectivity index (χ1v) is 10.0. The number of nitrogens with zero attached hydrogens (tertiary/aromatic N) is 2. The first-order chi connectivity index (χ1) is 14.5. The molecule has 0 aliphatic rings. The number of aromatic nitrogens is 1. The lowest BCUT2D eigenvalue weighted by atomic mass is 10.2. The number of hydrogen-bond donors (Lipinski definition) is 1. The van der Waals surface area contributed by atoms with E-state index in [4.69, 9.17) is 4.74 Å². The van der Waals surface area contributed by atoms with E-state index in [0.717, 1.165) is 28.9 Å². The van der Waals surface area contributed by atoms with Gasteiger partial charge in [0.2, 0.25) is 0 Å². The van der Waals surface area contributed by atoms with Crippen molar-refractivity contribution < 1.29 is 13.9 Å². The summed E-state index contributed by atoms with van der Waals surface area (Å²) >= 11 is 0. The summed E-state index contributed by atoms with van der Waals surface area (Å²) in [6.45, 7) is 4.15. The third kappa shape index (κ3) is 6.19. The van der Waals surface area contributed by atoms with Gasteiger partial charge in [-0.1, -0.05) is 29.8 Å². The topological polar surface area (TPSA) is 46.5 Å². The van der Waals surface area contributed by atoms with Crippen LogP contribution in [0.5, 0.6) is 0 Å². The zero-order valence-electron chi connectivity index (χ0n) is 17.5. The van der Waals surface area contributed by atoms with E-state index in [1.54, 1.807) is 18.1 Å². The summed E-state index contributed by atoms with van der Waals surface area (Å²) in [5, 5.41) is 2.97. The number of aryl methyl sites for hydroxylation is 1. The summed E-state index contributed by atoms with van der Waals surface area (Å²) < 4.78 is 20.7. The van der Waals surface area contributed by atoms with E-state index in [1.165, 1.54) is 12.1 Å². The van der Waals surface area contributed by atoms with Gasteiger partial charge in [-0.2, -0.15) is 0 Å². The van der Waals surface area contributed by atoms with Crippen molar-refractivity contribution in [1.29, 1.82) is 0 Å². The summed E-state index contributed by atoms with van der Waals surface area (Å²) in [6, 6.07) is 18.1. The van der Waals surface area contributed by atoms with Crippen LogP contribution in [0, 0.1) is 12.7 Å². The van der Waals surface area contributed by atoms with Crippen LogP contribution >= 0.6 is 0 Å².